The maximum atomic E-state index is 12.4. The fourth-order valence-electron chi connectivity index (χ4n) is 3.48. The van der Waals surface area contributed by atoms with Crippen LogP contribution in [0.3, 0.4) is 0 Å². The number of carbonyl (C=O) groups excluding carboxylic acids is 1. The molecule has 0 radical (unpaired) electrons. The Kier molecular flexibility index (Phi) is 5.08. The lowest BCUT2D eigenvalue weighted by Crippen LogP contribution is -2.62. The van der Waals surface area contributed by atoms with Crippen LogP contribution < -0.4 is 5.32 Å². The molecule has 2 fully saturated rings. The molecule has 2 rings (SSSR count). The van der Waals surface area contributed by atoms with Crippen LogP contribution in [0.1, 0.15) is 46.0 Å². The molecule has 1 aliphatic carbocycles. The lowest BCUT2D eigenvalue weighted by Gasteiger charge is -2.41. The summed E-state index contributed by atoms with van der Waals surface area (Å²) in [6.45, 7) is 7.39. The lowest BCUT2D eigenvalue weighted by atomic mass is 9.82. The highest BCUT2D eigenvalue weighted by Gasteiger charge is 2.42. The molecule has 2 amide bonds. The van der Waals surface area contributed by atoms with E-state index in [0.717, 1.165) is 32.4 Å². The SMILES string of the molecule is CCN1CCN(C(=O)NC2(C(=O)O)CCCCC2)CC1C. The summed E-state index contributed by atoms with van der Waals surface area (Å²) < 4.78 is 0. The van der Waals surface area contributed by atoms with Crippen molar-refractivity contribution in [1.29, 1.82) is 0 Å². The van der Waals surface area contributed by atoms with Gasteiger partial charge >= 0.3 is 12.0 Å². The van der Waals surface area contributed by atoms with Gasteiger partial charge in [-0.15, -0.1) is 0 Å². The van der Waals surface area contributed by atoms with Crippen LogP contribution in [0.5, 0.6) is 0 Å². The largest absolute Gasteiger partial charge is 0.480 e. The van der Waals surface area contributed by atoms with Gasteiger partial charge in [0, 0.05) is 25.7 Å². The molecule has 21 heavy (non-hydrogen) atoms. The topological polar surface area (TPSA) is 72.9 Å². The summed E-state index contributed by atoms with van der Waals surface area (Å²) in [6, 6.07) is 0.100. The molecule has 0 aromatic rings. The molecule has 1 atom stereocenters. The van der Waals surface area contributed by atoms with E-state index in [-0.39, 0.29) is 6.03 Å². The van der Waals surface area contributed by atoms with Crippen molar-refractivity contribution in [2.24, 2.45) is 0 Å². The Bertz CT molecular complexity index is 394. The minimum atomic E-state index is -1.06. The quantitative estimate of drug-likeness (QED) is 0.828. The van der Waals surface area contributed by atoms with Gasteiger partial charge in [-0.3, -0.25) is 4.90 Å². The maximum absolute atomic E-state index is 12.4. The van der Waals surface area contributed by atoms with Crippen molar-refractivity contribution < 1.29 is 14.7 Å². The van der Waals surface area contributed by atoms with Crippen molar-refractivity contribution in [2.45, 2.75) is 57.5 Å². The van der Waals surface area contributed by atoms with Gasteiger partial charge in [-0.05, 0) is 26.3 Å². The number of urea groups is 1. The van der Waals surface area contributed by atoms with Crippen LogP contribution in [0.15, 0.2) is 0 Å². The zero-order valence-electron chi connectivity index (χ0n) is 13.1. The highest BCUT2D eigenvalue weighted by molar-refractivity contribution is 5.86. The third-order valence-corrected chi connectivity index (χ3v) is 4.92. The second-order valence-corrected chi connectivity index (χ2v) is 6.30. The average molecular weight is 297 g/mol. The monoisotopic (exact) mass is 297 g/mol. The highest BCUT2D eigenvalue weighted by atomic mass is 16.4. The molecule has 0 aromatic heterocycles. The molecule has 1 unspecified atom stereocenters. The summed E-state index contributed by atoms with van der Waals surface area (Å²) in [7, 11) is 0. The molecule has 1 aliphatic heterocycles. The minimum Gasteiger partial charge on any atom is -0.480 e. The predicted octanol–water partition coefficient (Wildman–Crippen LogP) is 1.51. The average Bonchev–Trinajstić information content (AvgIpc) is 2.47. The molecular weight excluding hydrogens is 270 g/mol. The Morgan fingerprint density at radius 3 is 2.43 bits per heavy atom. The number of carbonyl (C=O) groups is 2. The Balaban J connectivity index is 1.98. The molecule has 6 nitrogen and oxygen atoms in total. The van der Waals surface area contributed by atoms with Gasteiger partial charge in [-0.1, -0.05) is 26.2 Å². The number of rotatable bonds is 3. The number of carboxylic acid groups (broad SMARTS) is 1. The van der Waals surface area contributed by atoms with E-state index in [1.54, 1.807) is 4.90 Å². The number of likely N-dealkylation sites (N-methyl/N-ethyl adjacent to an activating group) is 1. The van der Waals surface area contributed by atoms with Crippen LogP contribution in [0, 0.1) is 0 Å². The molecule has 0 aromatic carbocycles. The van der Waals surface area contributed by atoms with Gasteiger partial charge in [-0.2, -0.15) is 0 Å². The van der Waals surface area contributed by atoms with Gasteiger partial charge in [0.15, 0.2) is 0 Å². The van der Waals surface area contributed by atoms with E-state index in [4.69, 9.17) is 0 Å². The zero-order chi connectivity index (χ0) is 15.5. The number of carboxylic acids is 1. The molecule has 0 bridgehead atoms. The van der Waals surface area contributed by atoms with Gasteiger partial charge < -0.3 is 15.3 Å². The van der Waals surface area contributed by atoms with Gasteiger partial charge in [0.1, 0.15) is 5.54 Å². The smallest absolute Gasteiger partial charge is 0.329 e. The minimum absolute atomic E-state index is 0.220. The van der Waals surface area contributed by atoms with Gasteiger partial charge in [0.05, 0.1) is 0 Å². The second-order valence-electron chi connectivity index (χ2n) is 6.30. The van der Waals surface area contributed by atoms with Gasteiger partial charge in [0.25, 0.3) is 0 Å². The number of hydrogen-bond acceptors (Lipinski definition) is 3. The van der Waals surface area contributed by atoms with Crippen LogP contribution in [0.25, 0.3) is 0 Å². The first-order valence-electron chi connectivity index (χ1n) is 8.03. The molecular formula is C15H27N3O3. The zero-order valence-corrected chi connectivity index (χ0v) is 13.1. The van der Waals surface area contributed by atoms with Gasteiger partial charge in [-0.25, -0.2) is 9.59 Å². The Morgan fingerprint density at radius 1 is 1.24 bits per heavy atom. The molecule has 2 N–H and O–H groups in total. The normalized spacial score (nSPS) is 26.4. The van der Waals surface area contributed by atoms with Crippen molar-refractivity contribution in [2.75, 3.05) is 26.2 Å². The first-order valence-corrected chi connectivity index (χ1v) is 8.03. The van der Waals surface area contributed by atoms with Crippen molar-refractivity contribution in [1.82, 2.24) is 15.1 Å². The number of nitrogens with one attached hydrogen (secondary N) is 1. The molecule has 0 spiro atoms. The Hall–Kier alpha value is -1.30. The van der Waals surface area contributed by atoms with Crippen LogP contribution in [-0.4, -0.2) is 64.7 Å². The number of nitrogens with zero attached hydrogens (tertiary/aromatic N) is 2. The van der Waals surface area contributed by atoms with E-state index in [1.165, 1.54) is 0 Å². The van der Waals surface area contributed by atoms with Crippen LogP contribution in [0.2, 0.25) is 0 Å². The first kappa shape index (κ1) is 16.1. The van der Waals surface area contributed by atoms with Crippen molar-refractivity contribution >= 4 is 12.0 Å². The second kappa shape index (κ2) is 6.64. The summed E-state index contributed by atoms with van der Waals surface area (Å²) in [5.74, 6) is -0.893. The van der Waals surface area contributed by atoms with Crippen molar-refractivity contribution in [3.05, 3.63) is 0 Å². The fraction of sp³-hybridized carbons (Fsp3) is 0.867. The summed E-state index contributed by atoms with van der Waals surface area (Å²) >= 11 is 0. The molecule has 120 valence electrons. The summed E-state index contributed by atoms with van der Waals surface area (Å²) in [5, 5.41) is 12.4. The van der Waals surface area contributed by atoms with E-state index < -0.39 is 11.5 Å². The van der Waals surface area contributed by atoms with E-state index in [2.05, 4.69) is 24.1 Å². The van der Waals surface area contributed by atoms with Crippen molar-refractivity contribution in [3.8, 4) is 0 Å². The molecule has 2 aliphatic rings. The number of hydrogen-bond donors (Lipinski definition) is 2. The van der Waals surface area contributed by atoms with E-state index in [1.807, 2.05) is 0 Å². The number of amides is 2. The third-order valence-electron chi connectivity index (χ3n) is 4.92. The van der Waals surface area contributed by atoms with Crippen molar-refractivity contribution in [3.63, 3.8) is 0 Å². The summed E-state index contributed by atoms with van der Waals surface area (Å²) in [6.07, 6.45) is 3.87. The fourth-order valence-corrected chi connectivity index (χ4v) is 3.48. The molecule has 6 heteroatoms. The van der Waals surface area contributed by atoms with E-state index in [0.29, 0.717) is 32.0 Å². The van der Waals surface area contributed by atoms with Gasteiger partial charge in [0.2, 0.25) is 0 Å². The van der Waals surface area contributed by atoms with Crippen LogP contribution in [0.4, 0.5) is 4.79 Å². The Labute approximate surface area is 126 Å². The maximum Gasteiger partial charge on any atom is 0.329 e. The molecule has 1 heterocycles. The molecule has 1 saturated carbocycles. The first-order chi connectivity index (χ1) is 9.98. The molecule has 1 saturated heterocycles. The number of piperazine rings is 1. The van der Waals surface area contributed by atoms with Crippen LogP contribution in [-0.2, 0) is 4.79 Å². The standard InChI is InChI=1S/C15H27N3O3/c1-3-17-9-10-18(11-12(17)2)14(21)16-15(13(19)20)7-5-4-6-8-15/h12H,3-11H2,1-2H3,(H,16,21)(H,19,20). The lowest BCUT2D eigenvalue weighted by molar-refractivity contribution is -0.146. The third kappa shape index (κ3) is 3.48. The predicted molar refractivity (Wildman–Crippen MR) is 80.3 cm³/mol. The number of aliphatic carboxylic acids is 1. The van der Waals surface area contributed by atoms with E-state index >= 15 is 0 Å². The Morgan fingerprint density at radius 2 is 1.90 bits per heavy atom. The van der Waals surface area contributed by atoms with E-state index in [9.17, 15) is 14.7 Å². The summed E-state index contributed by atoms with van der Waals surface area (Å²) in [4.78, 5) is 28.2. The highest BCUT2D eigenvalue weighted by Crippen LogP contribution is 2.28. The summed E-state index contributed by atoms with van der Waals surface area (Å²) in [5.41, 5.74) is -1.06. The van der Waals surface area contributed by atoms with Crippen LogP contribution >= 0.6 is 0 Å².